The summed E-state index contributed by atoms with van der Waals surface area (Å²) >= 11 is 0. The van der Waals surface area contributed by atoms with Crippen molar-refractivity contribution in [3.63, 3.8) is 0 Å². The molecule has 2 aromatic carbocycles. The van der Waals surface area contributed by atoms with E-state index in [-0.39, 0.29) is 25.8 Å². The van der Waals surface area contributed by atoms with Gasteiger partial charge in [0, 0.05) is 25.5 Å². The van der Waals surface area contributed by atoms with Gasteiger partial charge in [0.15, 0.2) is 0 Å². The topological polar surface area (TPSA) is 116 Å². The number of hydrogen-bond donors (Lipinski definition) is 4. The number of nitrogens with one attached hydrogen (secondary N) is 2. The number of methoxy groups -OCH3 is 1. The van der Waals surface area contributed by atoms with E-state index in [4.69, 9.17) is 25.4 Å². The fraction of sp³-hybridized carbons (Fsp3) is 0.364. The second-order valence-corrected chi connectivity index (χ2v) is 6.02. The van der Waals surface area contributed by atoms with Crippen molar-refractivity contribution in [2.75, 3.05) is 27.6 Å². The van der Waals surface area contributed by atoms with Gasteiger partial charge in [-0.2, -0.15) is 8.78 Å². The molecule has 0 aliphatic carbocycles. The number of alkyl halides is 2. The lowest BCUT2D eigenvalue weighted by Crippen LogP contribution is -2.13. The summed E-state index contributed by atoms with van der Waals surface area (Å²) in [6.07, 6.45) is 0. The Hall–Kier alpha value is -2.72. The van der Waals surface area contributed by atoms with Crippen LogP contribution in [-0.2, 0) is 16.1 Å². The van der Waals surface area contributed by atoms with Gasteiger partial charge in [0.25, 0.3) is 0 Å². The van der Waals surface area contributed by atoms with Crippen molar-refractivity contribution < 1.29 is 33.2 Å². The van der Waals surface area contributed by atoms with Gasteiger partial charge in [-0.15, -0.1) is 0 Å². The Kier molecular flexibility index (Phi) is 14.6. The molecule has 0 bridgehead atoms. The van der Waals surface area contributed by atoms with Crippen LogP contribution >= 0.6 is 0 Å². The van der Waals surface area contributed by atoms with E-state index in [1.54, 1.807) is 19.1 Å². The zero-order valence-corrected chi connectivity index (χ0v) is 18.1. The minimum absolute atomic E-state index is 0.0608. The first-order valence-corrected chi connectivity index (χ1v) is 9.19. The molecule has 2 rings (SSSR count). The van der Waals surface area contributed by atoms with Gasteiger partial charge in [-0.25, -0.2) is 0 Å². The summed E-state index contributed by atoms with van der Waals surface area (Å²) in [5.41, 5.74) is 3.76. The zero-order chi connectivity index (χ0) is 23.8. The Morgan fingerprint density at radius 1 is 1.10 bits per heavy atom. The number of halogens is 2. The molecule has 0 saturated carbocycles. The first kappa shape index (κ1) is 28.3. The van der Waals surface area contributed by atoms with Gasteiger partial charge >= 0.3 is 6.61 Å². The van der Waals surface area contributed by atoms with Gasteiger partial charge in [0.2, 0.25) is 0 Å². The van der Waals surface area contributed by atoms with Crippen molar-refractivity contribution in [2.24, 2.45) is 0 Å². The number of ether oxygens (including phenoxy) is 3. The average molecular weight is 440 g/mol. The van der Waals surface area contributed by atoms with Crippen LogP contribution in [0.1, 0.15) is 29.2 Å². The summed E-state index contributed by atoms with van der Waals surface area (Å²) in [5.74, 6) is 0.0825. The fourth-order valence-electron chi connectivity index (χ4n) is 2.41. The molecule has 0 aromatic heterocycles. The molecule has 0 aliphatic heterocycles. The van der Waals surface area contributed by atoms with Gasteiger partial charge in [-0.1, -0.05) is 30.3 Å². The van der Waals surface area contributed by atoms with Crippen molar-refractivity contribution >= 4 is 11.4 Å². The summed E-state index contributed by atoms with van der Waals surface area (Å²) in [6.45, 7) is 0.975. The lowest BCUT2D eigenvalue weighted by molar-refractivity contribution is -0.0498. The summed E-state index contributed by atoms with van der Waals surface area (Å²) in [6, 6.07) is 11.7. The van der Waals surface area contributed by atoms with E-state index in [0.29, 0.717) is 17.0 Å². The first-order valence-electron chi connectivity index (χ1n) is 9.19. The molecule has 0 aliphatic rings. The van der Waals surface area contributed by atoms with Crippen LogP contribution in [0, 0.1) is 17.7 Å². The molecular weight excluding hydrogens is 410 g/mol. The highest BCUT2D eigenvalue weighted by molar-refractivity contribution is 6.00. The highest BCUT2D eigenvalue weighted by Gasteiger charge is 2.09. The summed E-state index contributed by atoms with van der Waals surface area (Å²) in [5, 5.41) is 31.4. The maximum atomic E-state index is 11.8. The summed E-state index contributed by atoms with van der Waals surface area (Å²) in [4.78, 5) is 0. The predicted molar refractivity (Wildman–Crippen MR) is 115 cm³/mol. The second kappa shape index (κ2) is 16.0. The Morgan fingerprint density at radius 3 is 2.29 bits per heavy atom. The number of hydrogen-bond acceptors (Lipinski definition) is 7. The molecule has 0 atom stereocenters. The lowest BCUT2D eigenvalue weighted by atomic mass is 9.99. The first-order chi connectivity index (χ1) is 14.8. The predicted octanol–water partition coefficient (Wildman–Crippen LogP) is 3.76. The highest BCUT2D eigenvalue weighted by atomic mass is 19.3. The third kappa shape index (κ3) is 10.7. The number of aryl methyl sites for hydroxylation is 1. The average Bonchev–Trinajstić information content (AvgIpc) is 2.75. The van der Waals surface area contributed by atoms with E-state index in [0.717, 1.165) is 23.8 Å². The highest BCUT2D eigenvalue weighted by Crippen LogP contribution is 2.16. The van der Waals surface area contributed by atoms with Gasteiger partial charge < -0.3 is 35.2 Å². The van der Waals surface area contributed by atoms with Gasteiger partial charge in [0.1, 0.15) is 12.5 Å². The quantitative estimate of drug-likeness (QED) is 0.269. The number of aliphatic hydroxyl groups is 2. The summed E-state index contributed by atoms with van der Waals surface area (Å²) < 4.78 is 37.6. The van der Waals surface area contributed by atoms with Crippen molar-refractivity contribution in [3.05, 3.63) is 64.7 Å². The Bertz CT molecular complexity index is 816. The molecule has 7 nitrogen and oxygen atoms in total. The molecule has 2 aromatic rings. The van der Waals surface area contributed by atoms with Crippen molar-refractivity contribution in [3.8, 4) is 5.75 Å². The molecule has 0 fully saturated rings. The fourth-order valence-corrected chi connectivity index (χ4v) is 2.41. The molecule has 0 unspecified atom stereocenters. The van der Waals surface area contributed by atoms with E-state index in [1.165, 1.54) is 19.2 Å². The normalized spacial score (nSPS) is 9.84. The van der Waals surface area contributed by atoms with Crippen LogP contribution in [0.15, 0.2) is 42.5 Å². The molecule has 0 saturated heterocycles. The second-order valence-electron chi connectivity index (χ2n) is 6.02. The third-order valence-corrected chi connectivity index (χ3v) is 3.83. The van der Waals surface area contributed by atoms with E-state index in [2.05, 4.69) is 4.74 Å². The minimum Gasteiger partial charge on any atom is -0.435 e. The molecule has 172 valence electrons. The van der Waals surface area contributed by atoms with Crippen molar-refractivity contribution in [1.82, 2.24) is 0 Å². The Morgan fingerprint density at radius 2 is 1.74 bits per heavy atom. The standard InChI is InChI=1S/C12H17NO3.C9H9F2NO.CH4O/c1-9-4-3-5-10(11(9)6-14)12(13)7-16-8-15-2;1-6(12)7-3-2-4-8(5-7)13-9(10)11;1-2/h3-5,13-14H,6-8H2,1-2H3;2-5,9,12H,1H3;2H,1H3. The number of rotatable bonds is 9. The van der Waals surface area contributed by atoms with Crippen LogP contribution in [0.5, 0.6) is 5.75 Å². The van der Waals surface area contributed by atoms with E-state index in [9.17, 15) is 13.9 Å². The number of aliphatic hydroxyl groups excluding tert-OH is 2. The van der Waals surface area contributed by atoms with Crippen LogP contribution in [0.25, 0.3) is 0 Å². The summed E-state index contributed by atoms with van der Waals surface area (Å²) in [7, 11) is 2.54. The van der Waals surface area contributed by atoms with E-state index < -0.39 is 6.61 Å². The van der Waals surface area contributed by atoms with Crippen LogP contribution < -0.4 is 4.74 Å². The van der Waals surface area contributed by atoms with Crippen molar-refractivity contribution in [2.45, 2.75) is 27.1 Å². The van der Waals surface area contributed by atoms with Crippen LogP contribution in [-0.4, -0.2) is 55.9 Å². The molecule has 0 radical (unpaired) electrons. The van der Waals surface area contributed by atoms with Gasteiger partial charge in [-0.05, 0) is 42.7 Å². The van der Waals surface area contributed by atoms with Crippen molar-refractivity contribution in [1.29, 1.82) is 10.8 Å². The maximum absolute atomic E-state index is 11.8. The molecule has 31 heavy (non-hydrogen) atoms. The van der Waals surface area contributed by atoms with Gasteiger partial charge in [-0.3, -0.25) is 0 Å². The van der Waals surface area contributed by atoms with Gasteiger partial charge in [0.05, 0.1) is 18.9 Å². The Labute approximate surface area is 181 Å². The lowest BCUT2D eigenvalue weighted by Gasteiger charge is -2.11. The molecule has 0 heterocycles. The Balaban J connectivity index is 0.000000547. The van der Waals surface area contributed by atoms with E-state index in [1.807, 2.05) is 25.1 Å². The molecule has 0 spiro atoms. The SMILES string of the molecule is CC(=N)c1cccc(OC(F)F)c1.CO.COCOCC(=N)c1cccc(C)c1CO. The third-order valence-electron chi connectivity index (χ3n) is 3.83. The molecular formula is C22H30F2N2O5. The van der Waals surface area contributed by atoms with Crippen LogP contribution in [0.4, 0.5) is 8.78 Å². The number of benzene rings is 2. The smallest absolute Gasteiger partial charge is 0.387 e. The molecule has 9 heteroatoms. The molecule has 4 N–H and O–H groups in total. The monoisotopic (exact) mass is 440 g/mol. The minimum atomic E-state index is -2.82. The zero-order valence-electron chi connectivity index (χ0n) is 18.1. The van der Waals surface area contributed by atoms with Crippen LogP contribution in [0.2, 0.25) is 0 Å². The largest absolute Gasteiger partial charge is 0.435 e. The molecule has 0 amide bonds. The van der Waals surface area contributed by atoms with Crippen LogP contribution in [0.3, 0.4) is 0 Å². The van der Waals surface area contributed by atoms with E-state index >= 15 is 0 Å². The maximum Gasteiger partial charge on any atom is 0.387 e.